The molecule has 2 aromatic carbocycles. The summed E-state index contributed by atoms with van der Waals surface area (Å²) in [6, 6.07) is 12.4. The summed E-state index contributed by atoms with van der Waals surface area (Å²) < 4.78 is 5.91. The highest BCUT2D eigenvalue weighted by Crippen LogP contribution is 2.37. The summed E-state index contributed by atoms with van der Waals surface area (Å²) in [4.78, 5) is 25.8. The molecule has 1 unspecified atom stereocenters. The molecule has 25 heavy (non-hydrogen) atoms. The number of carboxylic acids is 1. The lowest BCUT2D eigenvalue weighted by atomic mass is 10.0. The molecule has 1 amide bonds. The maximum absolute atomic E-state index is 12.9. The van der Waals surface area contributed by atoms with Crippen molar-refractivity contribution in [1.29, 1.82) is 0 Å². The molecule has 5 nitrogen and oxygen atoms in total. The molecule has 0 saturated carbocycles. The number of aryl methyl sites for hydroxylation is 1. The fourth-order valence-corrected chi connectivity index (χ4v) is 2.97. The van der Waals surface area contributed by atoms with Gasteiger partial charge in [-0.1, -0.05) is 32.0 Å². The van der Waals surface area contributed by atoms with Crippen LogP contribution in [0.15, 0.2) is 42.5 Å². The third-order valence-corrected chi connectivity index (χ3v) is 4.29. The second-order valence-electron chi connectivity index (χ2n) is 6.68. The maximum atomic E-state index is 12.9. The van der Waals surface area contributed by atoms with Crippen molar-refractivity contribution in [2.75, 3.05) is 4.90 Å². The van der Waals surface area contributed by atoms with E-state index in [9.17, 15) is 14.7 Å². The van der Waals surface area contributed by atoms with Gasteiger partial charge >= 0.3 is 5.97 Å². The number of anilines is 1. The largest absolute Gasteiger partial charge is 0.478 e. The summed E-state index contributed by atoms with van der Waals surface area (Å²) in [5.41, 5.74) is 2.73. The Balaban J connectivity index is 2.01. The average Bonchev–Trinajstić information content (AvgIpc) is 2.57. The SMILES string of the molecule is Cc1ccc2c(c1)N(Cc1cccc(C(=O)O)c1)C(=O)C(C(C)C)O2. The molecule has 1 atom stereocenters. The summed E-state index contributed by atoms with van der Waals surface area (Å²) in [6.45, 7) is 6.17. The quantitative estimate of drug-likeness (QED) is 0.923. The third-order valence-electron chi connectivity index (χ3n) is 4.29. The van der Waals surface area contributed by atoms with Crippen molar-refractivity contribution >= 4 is 17.6 Å². The zero-order chi connectivity index (χ0) is 18.1. The number of hydrogen-bond acceptors (Lipinski definition) is 3. The van der Waals surface area contributed by atoms with Gasteiger partial charge in [0.25, 0.3) is 5.91 Å². The molecule has 0 fully saturated rings. The van der Waals surface area contributed by atoms with Crippen LogP contribution in [0.3, 0.4) is 0 Å². The van der Waals surface area contributed by atoms with Crippen molar-refractivity contribution in [2.45, 2.75) is 33.4 Å². The van der Waals surface area contributed by atoms with Gasteiger partial charge in [-0.2, -0.15) is 0 Å². The predicted molar refractivity (Wildman–Crippen MR) is 95.0 cm³/mol. The van der Waals surface area contributed by atoms with Gasteiger partial charge in [0.15, 0.2) is 6.10 Å². The normalized spacial score (nSPS) is 16.6. The number of ether oxygens (including phenoxy) is 1. The molecule has 0 aliphatic carbocycles. The maximum Gasteiger partial charge on any atom is 0.335 e. The monoisotopic (exact) mass is 339 g/mol. The van der Waals surface area contributed by atoms with Crippen molar-refractivity contribution in [2.24, 2.45) is 5.92 Å². The molecule has 1 heterocycles. The lowest BCUT2D eigenvalue weighted by Gasteiger charge is -2.36. The number of amides is 1. The van der Waals surface area contributed by atoms with Gasteiger partial charge in [0.2, 0.25) is 0 Å². The van der Waals surface area contributed by atoms with E-state index in [0.717, 1.165) is 16.8 Å². The van der Waals surface area contributed by atoms with Crippen molar-refractivity contribution < 1.29 is 19.4 Å². The number of carboxylic acid groups (broad SMARTS) is 1. The second-order valence-corrected chi connectivity index (χ2v) is 6.68. The molecular weight excluding hydrogens is 318 g/mol. The standard InChI is InChI=1S/C20H21NO4/c1-12(2)18-19(22)21(16-9-13(3)7-8-17(16)25-18)11-14-5-4-6-15(10-14)20(23)24/h4-10,12,18H,11H2,1-3H3,(H,23,24). The lowest BCUT2D eigenvalue weighted by Crippen LogP contribution is -2.48. The van der Waals surface area contributed by atoms with Crippen LogP contribution < -0.4 is 9.64 Å². The van der Waals surface area contributed by atoms with E-state index in [1.54, 1.807) is 23.1 Å². The smallest absolute Gasteiger partial charge is 0.335 e. The average molecular weight is 339 g/mol. The molecule has 130 valence electrons. The van der Waals surface area contributed by atoms with E-state index in [1.807, 2.05) is 45.0 Å². The first-order valence-corrected chi connectivity index (χ1v) is 8.27. The number of aromatic carboxylic acids is 1. The highest BCUT2D eigenvalue weighted by Gasteiger charge is 2.36. The molecule has 1 aliphatic heterocycles. The van der Waals surface area contributed by atoms with Gasteiger partial charge in [-0.3, -0.25) is 4.79 Å². The van der Waals surface area contributed by atoms with Crippen LogP contribution >= 0.6 is 0 Å². The summed E-state index contributed by atoms with van der Waals surface area (Å²) >= 11 is 0. The van der Waals surface area contributed by atoms with Crippen LogP contribution in [0.4, 0.5) is 5.69 Å². The molecular formula is C20H21NO4. The number of carbonyl (C=O) groups is 2. The Labute approximate surface area is 146 Å². The van der Waals surface area contributed by atoms with Crippen molar-refractivity contribution in [1.82, 2.24) is 0 Å². The Morgan fingerprint density at radius 3 is 2.68 bits per heavy atom. The Morgan fingerprint density at radius 2 is 2.00 bits per heavy atom. The predicted octanol–water partition coefficient (Wildman–Crippen LogP) is 3.64. The summed E-state index contributed by atoms with van der Waals surface area (Å²) in [5.74, 6) is -0.367. The van der Waals surface area contributed by atoms with Gasteiger partial charge in [-0.05, 0) is 48.2 Å². The molecule has 0 radical (unpaired) electrons. The Kier molecular flexibility index (Phi) is 4.49. The highest BCUT2D eigenvalue weighted by atomic mass is 16.5. The molecule has 0 saturated heterocycles. The van der Waals surface area contributed by atoms with E-state index in [1.165, 1.54) is 0 Å². The number of carbonyl (C=O) groups excluding carboxylic acids is 1. The first-order chi connectivity index (χ1) is 11.9. The summed E-state index contributed by atoms with van der Waals surface area (Å²) in [7, 11) is 0. The number of benzene rings is 2. The molecule has 0 spiro atoms. The number of nitrogens with zero attached hydrogens (tertiary/aromatic N) is 1. The van der Waals surface area contributed by atoms with Crippen LogP contribution in [0, 0.1) is 12.8 Å². The molecule has 0 bridgehead atoms. The third kappa shape index (κ3) is 3.36. The minimum atomic E-state index is -0.980. The molecule has 2 aromatic rings. The highest BCUT2D eigenvalue weighted by molar-refractivity contribution is 6.00. The topological polar surface area (TPSA) is 66.8 Å². The van der Waals surface area contributed by atoms with Gasteiger partial charge in [-0.15, -0.1) is 0 Å². The van der Waals surface area contributed by atoms with E-state index in [-0.39, 0.29) is 17.4 Å². The molecule has 0 aromatic heterocycles. The van der Waals surface area contributed by atoms with Crippen LogP contribution in [0.25, 0.3) is 0 Å². The van der Waals surface area contributed by atoms with Crippen LogP contribution in [-0.4, -0.2) is 23.1 Å². The molecule has 5 heteroatoms. The first-order valence-electron chi connectivity index (χ1n) is 8.27. The van der Waals surface area contributed by atoms with Gasteiger partial charge in [0.05, 0.1) is 17.8 Å². The van der Waals surface area contributed by atoms with E-state index < -0.39 is 12.1 Å². The Morgan fingerprint density at radius 1 is 1.24 bits per heavy atom. The van der Waals surface area contributed by atoms with Crippen LogP contribution in [-0.2, 0) is 11.3 Å². The van der Waals surface area contributed by atoms with Crippen molar-refractivity contribution in [3.63, 3.8) is 0 Å². The zero-order valence-electron chi connectivity index (χ0n) is 14.5. The fraction of sp³-hybridized carbons (Fsp3) is 0.300. The zero-order valence-corrected chi connectivity index (χ0v) is 14.5. The Hall–Kier alpha value is -2.82. The molecule has 1 aliphatic rings. The number of fused-ring (bicyclic) bond motifs is 1. The van der Waals surface area contributed by atoms with Gasteiger partial charge < -0.3 is 14.7 Å². The van der Waals surface area contributed by atoms with Gasteiger partial charge in [-0.25, -0.2) is 4.79 Å². The summed E-state index contributed by atoms with van der Waals surface area (Å²) in [5, 5.41) is 9.18. The van der Waals surface area contributed by atoms with E-state index >= 15 is 0 Å². The Bertz CT molecular complexity index is 828. The van der Waals surface area contributed by atoms with Gasteiger partial charge in [0.1, 0.15) is 5.75 Å². The van der Waals surface area contributed by atoms with Crippen LogP contribution in [0.1, 0.15) is 35.3 Å². The second kappa shape index (κ2) is 6.59. The molecule has 1 N–H and O–H groups in total. The first kappa shape index (κ1) is 17.0. The van der Waals surface area contributed by atoms with E-state index in [2.05, 4.69) is 0 Å². The fourth-order valence-electron chi connectivity index (χ4n) is 2.97. The number of hydrogen-bond donors (Lipinski definition) is 1. The minimum Gasteiger partial charge on any atom is -0.478 e. The van der Waals surface area contributed by atoms with Crippen molar-refractivity contribution in [3.05, 3.63) is 59.2 Å². The lowest BCUT2D eigenvalue weighted by molar-refractivity contribution is -0.128. The minimum absolute atomic E-state index is 0.0369. The van der Waals surface area contributed by atoms with E-state index in [4.69, 9.17) is 4.74 Å². The van der Waals surface area contributed by atoms with Crippen molar-refractivity contribution in [3.8, 4) is 5.75 Å². The van der Waals surface area contributed by atoms with Gasteiger partial charge in [0, 0.05) is 0 Å². The molecule has 3 rings (SSSR count). The number of rotatable bonds is 4. The van der Waals surface area contributed by atoms with E-state index in [0.29, 0.717) is 12.3 Å². The summed E-state index contributed by atoms with van der Waals surface area (Å²) in [6.07, 6.45) is -0.544. The van der Waals surface area contributed by atoms with Crippen LogP contribution in [0.2, 0.25) is 0 Å². The van der Waals surface area contributed by atoms with Crippen LogP contribution in [0.5, 0.6) is 5.75 Å².